The van der Waals surface area contributed by atoms with Crippen LogP contribution in [0, 0.1) is 17.7 Å². The maximum absolute atomic E-state index is 14.3. The van der Waals surface area contributed by atoms with Gasteiger partial charge in [-0.3, -0.25) is 14.7 Å². The maximum atomic E-state index is 14.3. The molecule has 256 valence electrons. The third kappa shape index (κ3) is 9.40. The van der Waals surface area contributed by atoms with Crippen LogP contribution >= 0.6 is 0 Å². The fourth-order valence-electron chi connectivity index (χ4n) is 7.23. The second-order valence-corrected chi connectivity index (χ2v) is 14.9. The van der Waals surface area contributed by atoms with Gasteiger partial charge in [-0.05, 0) is 154 Å². The number of aryl methyl sites for hydroxylation is 1. The summed E-state index contributed by atoms with van der Waals surface area (Å²) in [6.07, 6.45) is 12.6. The minimum Gasteiger partial charge on any atom is -0.460 e. The highest BCUT2D eigenvalue weighted by Gasteiger charge is 2.36. The molecule has 2 aliphatic carbocycles. The van der Waals surface area contributed by atoms with E-state index in [-0.39, 0.29) is 29.4 Å². The summed E-state index contributed by atoms with van der Waals surface area (Å²) >= 11 is 0. The largest absolute Gasteiger partial charge is 0.460 e. The number of rotatable bonds is 16. The van der Waals surface area contributed by atoms with Gasteiger partial charge in [-0.2, -0.15) is 5.10 Å². The van der Waals surface area contributed by atoms with Crippen molar-refractivity contribution in [2.45, 2.75) is 115 Å². The Hall–Kier alpha value is -3.84. The molecule has 3 aromatic rings. The van der Waals surface area contributed by atoms with Crippen LogP contribution < -0.4 is 0 Å². The third-order valence-corrected chi connectivity index (χ3v) is 9.85. The van der Waals surface area contributed by atoms with E-state index >= 15 is 0 Å². The van der Waals surface area contributed by atoms with Gasteiger partial charge in [-0.15, -0.1) is 0 Å². The molecule has 1 heterocycles. The maximum Gasteiger partial charge on any atom is 0.306 e. The van der Waals surface area contributed by atoms with Gasteiger partial charge in [0, 0.05) is 23.7 Å². The molecule has 2 aromatic carbocycles. The number of esters is 1. The summed E-state index contributed by atoms with van der Waals surface area (Å²) in [5, 5.41) is 18.0. The van der Waals surface area contributed by atoms with Crippen LogP contribution in [0.1, 0.15) is 124 Å². The smallest absolute Gasteiger partial charge is 0.306 e. The molecule has 3 unspecified atom stereocenters. The Morgan fingerprint density at radius 2 is 1.81 bits per heavy atom. The van der Waals surface area contributed by atoms with E-state index in [1.54, 1.807) is 12.1 Å². The molecule has 48 heavy (non-hydrogen) atoms. The number of aliphatic hydroxyl groups excluding tert-OH is 1. The summed E-state index contributed by atoms with van der Waals surface area (Å²) < 4.78 is 19.3. The van der Waals surface area contributed by atoms with Crippen molar-refractivity contribution < 1.29 is 23.8 Å². The SMILES string of the molecule is C=C(CC1CCC(O)C1CCCCCC(=O)OC(C)(C)C)C(=O)c1cc(C2CC2)c(-c2cn[nH]c2)cc1C(=C)CCc1cccc(F)c1. The zero-order valence-corrected chi connectivity index (χ0v) is 28.8. The molecule has 2 N–H and O–H groups in total. The zero-order chi connectivity index (χ0) is 34.4. The highest BCUT2D eigenvalue weighted by molar-refractivity contribution is 6.11. The normalized spacial score (nSPS) is 19.3. The molecule has 2 saturated carbocycles. The number of aromatic nitrogens is 2. The molecule has 0 aliphatic heterocycles. The Kier molecular flexibility index (Phi) is 11.5. The predicted molar refractivity (Wildman–Crippen MR) is 189 cm³/mol. The summed E-state index contributed by atoms with van der Waals surface area (Å²) in [5.41, 5.74) is 6.38. The van der Waals surface area contributed by atoms with Crippen molar-refractivity contribution in [3.63, 3.8) is 0 Å². The summed E-state index contributed by atoms with van der Waals surface area (Å²) in [6.45, 7) is 14.4. The number of unbranched alkanes of at least 4 members (excludes halogenated alkanes) is 2. The number of Topliss-reactive ketones (excluding diaryl/α,β-unsaturated/α-hetero) is 1. The number of halogens is 1. The average Bonchev–Trinajstić information content (AvgIpc) is 3.63. The number of ether oxygens (including phenoxy) is 1. The fraction of sp³-hybridized carbons (Fsp3) is 0.488. The Morgan fingerprint density at radius 1 is 1.02 bits per heavy atom. The Morgan fingerprint density at radius 3 is 2.50 bits per heavy atom. The van der Waals surface area contributed by atoms with Gasteiger partial charge in [0.05, 0.1) is 12.3 Å². The Balaban J connectivity index is 1.29. The van der Waals surface area contributed by atoms with E-state index in [1.807, 2.05) is 39.2 Å². The molecule has 5 rings (SSSR count). The van der Waals surface area contributed by atoms with Crippen LogP contribution in [0.5, 0.6) is 0 Å². The van der Waals surface area contributed by atoms with Crippen LogP contribution in [0.15, 0.2) is 67.5 Å². The van der Waals surface area contributed by atoms with E-state index in [0.717, 1.165) is 84.8 Å². The molecular formula is C41H51FN2O4. The van der Waals surface area contributed by atoms with Gasteiger partial charge in [0.1, 0.15) is 11.4 Å². The first-order chi connectivity index (χ1) is 22.9. The predicted octanol–water partition coefficient (Wildman–Crippen LogP) is 9.55. The second kappa shape index (κ2) is 15.6. The number of aromatic amines is 1. The summed E-state index contributed by atoms with van der Waals surface area (Å²) in [4.78, 5) is 26.4. The third-order valence-electron chi connectivity index (χ3n) is 9.85. The minimum absolute atomic E-state index is 0.0740. The lowest BCUT2D eigenvalue weighted by atomic mass is 9.81. The number of ketones is 1. The minimum atomic E-state index is -0.476. The molecule has 7 heteroatoms. The lowest BCUT2D eigenvalue weighted by molar-refractivity contribution is -0.154. The van der Waals surface area contributed by atoms with Crippen molar-refractivity contribution in [3.8, 4) is 11.1 Å². The monoisotopic (exact) mass is 654 g/mol. The van der Waals surface area contributed by atoms with E-state index in [1.165, 1.54) is 6.07 Å². The van der Waals surface area contributed by atoms with E-state index in [4.69, 9.17) is 4.74 Å². The topological polar surface area (TPSA) is 92.3 Å². The van der Waals surface area contributed by atoms with E-state index in [2.05, 4.69) is 35.5 Å². The van der Waals surface area contributed by atoms with E-state index in [0.29, 0.717) is 42.7 Å². The molecule has 2 aliphatic rings. The number of carbonyl (C=O) groups is 2. The second-order valence-electron chi connectivity index (χ2n) is 14.9. The number of nitrogens with zero attached hydrogens (tertiary/aromatic N) is 1. The fourth-order valence-corrected chi connectivity index (χ4v) is 7.23. The number of hydrogen-bond acceptors (Lipinski definition) is 5. The van der Waals surface area contributed by atoms with Crippen molar-refractivity contribution >= 4 is 17.3 Å². The summed E-state index contributed by atoms with van der Waals surface area (Å²) in [7, 11) is 0. The standard InChI is InChI=1S/C41H51FN2O4/c1-26(14-15-28-10-9-11-32(42)21-28)34-22-36(31-24-43-44-25-31)35(29-16-17-29)23-37(34)40(47)27(2)20-30-18-19-38(45)33(30)12-7-6-8-13-39(46)48-41(3,4)5/h9-11,21-25,29-30,33,38,45H,1-2,6-8,12-20H2,3-5H3,(H,43,44). The molecule has 0 bridgehead atoms. The van der Waals surface area contributed by atoms with Gasteiger partial charge in [0.2, 0.25) is 0 Å². The zero-order valence-electron chi connectivity index (χ0n) is 28.8. The number of aliphatic hydroxyl groups is 1. The quantitative estimate of drug-likeness (QED) is 0.0695. The van der Waals surface area contributed by atoms with Crippen molar-refractivity contribution in [3.05, 3.63) is 95.6 Å². The van der Waals surface area contributed by atoms with Crippen LogP contribution in [0.2, 0.25) is 0 Å². The molecule has 0 spiro atoms. The van der Waals surface area contributed by atoms with Gasteiger partial charge >= 0.3 is 5.97 Å². The number of nitrogens with one attached hydrogen (secondary N) is 1. The average molecular weight is 655 g/mol. The number of allylic oxidation sites excluding steroid dienone is 2. The molecule has 2 fully saturated rings. The first-order valence-electron chi connectivity index (χ1n) is 17.6. The first kappa shape index (κ1) is 35.5. The van der Waals surface area contributed by atoms with Crippen molar-refractivity contribution in [1.29, 1.82) is 0 Å². The van der Waals surface area contributed by atoms with Gasteiger partial charge in [0.25, 0.3) is 0 Å². The highest BCUT2D eigenvalue weighted by atomic mass is 19.1. The van der Waals surface area contributed by atoms with Crippen LogP contribution in [-0.4, -0.2) is 38.8 Å². The van der Waals surface area contributed by atoms with Gasteiger partial charge in [-0.25, -0.2) is 4.39 Å². The van der Waals surface area contributed by atoms with E-state index in [9.17, 15) is 19.1 Å². The summed E-state index contributed by atoms with van der Waals surface area (Å²) in [6, 6.07) is 10.8. The number of H-pyrrole nitrogens is 1. The van der Waals surface area contributed by atoms with Gasteiger partial charge < -0.3 is 9.84 Å². The van der Waals surface area contributed by atoms with Crippen molar-refractivity contribution in [1.82, 2.24) is 10.2 Å². The molecule has 3 atom stereocenters. The van der Waals surface area contributed by atoms with Crippen LogP contribution in [0.25, 0.3) is 16.7 Å². The molecular weight excluding hydrogens is 603 g/mol. The van der Waals surface area contributed by atoms with Crippen LogP contribution in [0.4, 0.5) is 4.39 Å². The number of benzene rings is 2. The van der Waals surface area contributed by atoms with Crippen molar-refractivity contribution in [2.75, 3.05) is 0 Å². The van der Waals surface area contributed by atoms with Crippen molar-refractivity contribution in [2.24, 2.45) is 11.8 Å². The Labute approximate surface area is 284 Å². The van der Waals surface area contributed by atoms with Crippen LogP contribution in [-0.2, 0) is 16.0 Å². The lowest BCUT2D eigenvalue weighted by Crippen LogP contribution is -2.23. The van der Waals surface area contributed by atoms with E-state index < -0.39 is 11.7 Å². The number of hydrogen-bond donors (Lipinski definition) is 2. The molecule has 0 radical (unpaired) electrons. The van der Waals surface area contributed by atoms with Gasteiger partial charge in [-0.1, -0.05) is 38.1 Å². The molecule has 6 nitrogen and oxygen atoms in total. The Bertz CT molecular complexity index is 1620. The van der Waals surface area contributed by atoms with Crippen LogP contribution in [0.3, 0.4) is 0 Å². The molecule has 1 aromatic heterocycles. The highest BCUT2D eigenvalue weighted by Crippen LogP contribution is 2.47. The summed E-state index contributed by atoms with van der Waals surface area (Å²) in [5.74, 6) is 0.161. The number of carbonyl (C=O) groups excluding carboxylic acids is 2. The molecule has 0 amide bonds. The lowest BCUT2D eigenvalue weighted by Gasteiger charge is -2.24. The molecule has 0 saturated heterocycles. The van der Waals surface area contributed by atoms with Gasteiger partial charge in [0.15, 0.2) is 5.78 Å². The first-order valence-corrected chi connectivity index (χ1v) is 17.6.